The van der Waals surface area contributed by atoms with Gasteiger partial charge in [0, 0.05) is 11.1 Å². The lowest BCUT2D eigenvalue weighted by atomic mass is 10.0. The molecule has 0 unspecified atom stereocenters. The third-order valence-electron chi connectivity index (χ3n) is 4.79. The van der Waals surface area contributed by atoms with Gasteiger partial charge in [-0.1, -0.05) is 44.2 Å². The van der Waals surface area contributed by atoms with Gasteiger partial charge in [0.1, 0.15) is 11.5 Å². The van der Waals surface area contributed by atoms with Gasteiger partial charge in [-0.25, -0.2) is 4.98 Å². The van der Waals surface area contributed by atoms with Crippen LogP contribution in [0.25, 0.3) is 22.4 Å². The number of pyridine rings is 1. The molecule has 4 heteroatoms. The highest BCUT2D eigenvalue weighted by Crippen LogP contribution is 2.27. The smallest absolute Gasteiger partial charge is 0.256 e. The minimum absolute atomic E-state index is 0.166. The number of nitrogens with one attached hydrogen (secondary N) is 1. The number of fused-ring (bicyclic) bond motifs is 1. The highest BCUT2D eigenvalue weighted by molar-refractivity contribution is 6.13. The van der Waals surface area contributed by atoms with Crippen molar-refractivity contribution in [3.8, 4) is 11.5 Å². The van der Waals surface area contributed by atoms with Gasteiger partial charge in [0.25, 0.3) is 5.91 Å². The molecule has 0 fully saturated rings. The summed E-state index contributed by atoms with van der Waals surface area (Å²) in [5, 5.41) is 3.81. The molecule has 0 saturated carbocycles. The van der Waals surface area contributed by atoms with Crippen LogP contribution in [0, 0.1) is 6.92 Å². The molecule has 0 spiro atoms. The fourth-order valence-corrected chi connectivity index (χ4v) is 3.21. The molecule has 0 saturated heterocycles. The SMILES string of the molecule is Cc1ccc(-c2cc(C(=O)Nc3ccc(C(C)C)cc3)c3ccccc3n2)o1. The summed E-state index contributed by atoms with van der Waals surface area (Å²) in [5.41, 5.74) is 3.98. The van der Waals surface area contributed by atoms with Gasteiger partial charge in [0.05, 0.1) is 11.1 Å². The van der Waals surface area contributed by atoms with Gasteiger partial charge in [-0.3, -0.25) is 4.79 Å². The van der Waals surface area contributed by atoms with Crippen molar-refractivity contribution in [1.29, 1.82) is 0 Å². The van der Waals surface area contributed by atoms with E-state index < -0.39 is 0 Å². The van der Waals surface area contributed by atoms with Crippen molar-refractivity contribution in [2.75, 3.05) is 5.32 Å². The minimum Gasteiger partial charge on any atom is -0.460 e. The largest absolute Gasteiger partial charge is 0.460 e. The van der Waals surface area contributed by atoms with Gasteiger partial charge in [-0.15, -0.1) is 0 Å². The first kappa shape index (κ1) is 18.0. The lowest BCUT2D eigenvalue weighted by Crippen LogP contribution is -2.13. The number of benzene rings is 2. The second-order valence-corrected chi connectivity index (χ2v) is 7.21. The number of amides is 1. The number of aromatic nitrogens is 1. The molecule has 0 atom stereocenters. The summed E-state index contributed by atoms with van der Waals surface area (Å²) in [6, 6.07) is 21.2. The fraction of sp³-hybridized carbons (Fsp3) is 0.167. The van der Waals surface area contributed by atoms with E-state index in [1.54, 1.807) is 6.07 Å². The van der Waals surface area contributed by atoms with Crippen LogP contribution in [-0.4, -0.2) is 10.9 Å². The zero-order chi connectivity index (χ0) is 19.7. The van der Waals surface area contributed by atoms with E-state index in [4.69, 9.17) is 4.42 Å². The highest BCUT2D eigenvalue weighted by atomic mass is 16.3. The number of anilines is 1. The van der Waals surface area contributed by atoms with Crippen LogP contribution in [0.2, 0.25) is 0 Å². The van der Waals surface area contributed by atoms with Crippen LogP contribution >= 0.6 is 0 Å². The lowest BCUT2D eigenvalue weighted by molar-refractivity contribution is 0.102. The minimum atomic E-state index is -0.166. The number of para-hydroxylation sites is 1. The molecule has 0 aliphatic carbocycles. The maximum atomic E-state index is 13.1. The normalized spacial score (nSPS) is 11.1. The number of aryl methyl sites for hydroxylation is 1. The standard InChI is InChI=1S/C24H22N2O2/c1-15(2)17-9-11-18(12-10-17)25-24(27)20-14-22(23-13-8-16(3)28-23)26-21-7-5-4-6-19(20)21/h4-15H,1-3H3,(H,25,27). The van der Waals surface area contributed by atoms with Crippen molar-refractivity contribution in [2.24, 2.45) is 0 Å². The zero-order valence-electron chi connectivity index (χ0n) is 16.2. The maximum absolute atomic E-state index is 13.1. The summed E-state index contributed by atoms with van der Waals surface area (Å²) < 4.78 is 5.71. The van der Waals surface area contributed by atoms with Crippen LogP contribution in [0.4, 0.5) is 5.69 Å². The third-order valence-corrected chi connectivity index (χ3v) is 4.79. The van der Waals surface area contributed by atoms with Crippen molar-refractivity contribution in [3.05, 3.63) is 83.6 Å². The van der Waals surface area contributed by atoms with Crippen LogP contribution in [0.5, 0.6) is 0 Å². The molecular formula is C24H22N2O2. The van der Waals surface area contributed by atoms with E-state index >= 15 is 0 Å². The first-order valence-electron chi connectivity index (χ1n) is 9.39. The second kappa shape index (κ2) is 7.31. The molecule has 1 amide bonds. The Labute approximate surface area is 164 Å². The number of carbonyl (C=O) groups excluding carboxylic acids is 1. The Morgan fingerprint density at radius 3 is 2.43 bits per heavy atom. The van der Waals surface area contributed by atoms with Crippen LogP contribution in [0.1, 0.15) is 41.4 Å². The fourth-order valence-electron chi connectivity index (χ4n) is 3.21. The van der Waals surface area contributed by atoms with Gasteiger partial charge in [0.2, 0.25) is 0 Å². The first-order chi connectivity index (χ1) is 13.5. The molecule has 0 radical (unpaired) electrons. The van der Waals surface area contributed by atoms with Gasteiger partial charge >= 0.3 is 0 Å². The van der Waals surface area contributed by atoms with E-state index in [9.17, 15) is 4.79 Å². The van der Waals surface area contributed by atoms with Crippen molar-refractivity contribution >= 4 is 22.5 Å². The summed E-state index contributed by atoms with van der Waals surface area (Å²) >= 11 is 0. The molecule has 1 N–H and O–H groups in total. The molecule has 28 heavy (non-hydrogen) atoms. The van der Waals surface area contributed by atoms with E-state index in [0.29, 0.717) is 22.9 Å². The molecule has 0 aliphatic rings. The Balaban J connectivity index is 1.73. The second-order valence-electron chi connectivity index (χ2n) is 7.21. The van der Waals surface area contributed by atoms with E-state index in [1.807, 2.05) is 67.6 Å². The van der Waals surface area contributed by atoms with E-state index in [-0.39, 0.29) is 5.91 Å². The van der Waals surface area contributed by atoms with E-state index in [0.717, 1.165) is 22.4 Å². The number of nitrogens with zero attached hydrogens (tertiary/aromatic N) is 1. The molecule has 4 nitrogen and oxygen atoms in total. The molecule has 0 aliphatic heterocycles. The van der Waals surface area contributed by atoms with E-state index in [2.05, 4.69) is 24.1 Å². The summed E-state index contributed by atoms with van der Waals surface area (Å²) in [5.74, 6) is 1.74. The molecule has 2 aromatic carbocycles. The monoisotopic (exact) mass is 370 g/mol. The van der Waals surface area contributed by atoms with Crippen LogP contribution in [-0.2, 0) is 0 Å². The summed E-state index contributed by atoms with van der Waals surface area (Å²) in [4.78, 5) is 17.7. The molecule has 2 heterocycles. The molecule has 2 aromatic heterocycles. The Bertz CT molecular complexity index is 1140. The summed E-state index contributed by atoms with van der Waals surface area (Å²) in [7, 11) is 0. The zero-order valence-corrected chi connectivity index (χ0v) is 16.2. The van der Waals surface area contributed by atoms with Crippen molar-refractivity contribution in [3.63, 3.8) is 0 Å². The number of hydrogen-bond donors (Lipinski definition) is 1. The molecule has 140 valence electrons. The number of rotatable bonds is 4. The van der Waals surface area contributed by atoms with E-state index in [1.165, 1.54) is 5.56 Å². The number of hydrogen-bond acceptors (Lipinski definition) is 3. The summed E-state index contributed by atoms with van der Waals surface area (Å²) in [6.45, 7) is 6.18. The van der Waals surface area contributed by atoms with Gasteiger partial charge < -0.3 is 9.73 Å². The Morgan fingerprint density at radius 1 is 1.00 bits per heavy atom. The Kier molecular flexibility index (Phi) is 4.70. The Morgan fingerprint density at radius 2 is 1.75 bits per heavy atom. The van der Waals surface area contributed by atoms with Gasteiger partial charge in [-0.05, 0) is 54.8 Å². The number of furan rings is 1. The average Bonchev–Trinajstić information content (AvgIpc) is 3.14. The Hall–Kier alpha value is -3.40. The van der Waals surface area contributed by atoms with Gasteiger partial charge in [0.15, 0.2) is 5.76 Å². The average molecular weight is 370 g/mol. The van der Waals surface area contributed by atoms with Crippen molar-refractivity contribution < 1.29 is 9.21 Å². The first-order valence-corrected chi connectivity index (χ1v) is 9.39. The van der Waals surface area contributed by atoms with Crippen molar-refractivity contribution in [1.82, 2.24) is 4.98 Å². The third kappa shape index (κ3) is 3.54. The number of carbonyl (C=O) groups is 1. The predicted molar refractivity (Wildman–Crippen MR) is 113 cm³/mol. The van der Waals surface area contributed by atoms with Crippen LogP contribution < -0.4 is 5.32 Å². The molecular weight excluding hydrogens is 348 g/mol. The van der Waals surface area contributed by atoms with Crippen LogP contribution in [0.3, 0.4) is 0 Å². The topological polar surface area (TPSA) is 55.1 Å². The van der Waals surface area contributed by atoms with Gasteiger partial charge in [-0.2, -0.15) is 0 Å². The predicted octanol–water partition coefficient (Wildman–Crippen LogP) is 6.18. The molecule has 4 aromatic rings. The molecule has 0 bridgehead atoms. The van der Waals surface area contributed by atoms with Crippen molar-refractivity contribution in [2.45, 2.75) is 26.7 Å². The highest BCUT2D eigenvalue weighted by Gasteiger charge is 2.15. The molecule has 4 rings (SSSR count). The van der Waals surface area contributed by atoms with Crippen LogP contribution in [0.15, 0.2) is 71.1 Å². The maximum Gasteiger partial charge on any atom is 0.256 e. The quantitative estimate of drug-likeness (QED) is 0.467. The summed E-state index contributed by atoms with van der Waals surface area (Å²) in [6.07, 6.45) is 0. The lowest BCUT2D eigenvalue weighted by Gasteiger charge is -2.11.